The average molecular weight is 324 g/mol. The lowest BCUT2D eigenvalue weighted by atomic mass is 10.3. The van der Waals surface area contributed by atoms with Gasteiger partial charge in [0.2, 0.25) is 0 Å². The van der Waals surface area contributed by atoms with Crippen molar-refractivity contribution in [3.05, 3.63) is 40.3 Å². The van der Waals surface area contributed by atoms with E-state index >= 15 is 0 Å². The number of anilines is 1. The Morgan fingerprint density at radius 1 is 1.37 bits per heavy atom. The molecule has 0 aliphatic rings. The van der Waals surface area contributed by atoms with E-state index in [4.69, 9.17) is 0 Å². The van der Waals surface area contributed by atoms with Crippen molar-refractivity contribution in [1.82, 2.24) is 20.5 Å². The molecule has 0 spiro atoms. The predicted molar refractivity (Wildman–Crippen MR) is 76.1 cm³/mol. The maximum absolute atomic E-state index is 11.6. The number of aryl methyl sites for hydroxylation is 1. The van der Waals surface area contributed by atoms with Gasteiger partial charge in [0, 0.05) is 23.8 Å². The number of hydrogen-bond acceptors (Lipinski definition) is 4. The molecule has 0 atom stereocenters. The van der Waals surface area contributed by atoms with E-state index in [9.17, 15) is 4.79 Å². The molecule has 3 N–H and O–H groups in total. The topological polar surface area (TPSA) is 82.7 Å². The summed E-state index contributed by atoms with van der Waals surface area (Å²) >= 11 is 3.40. The number of hydrogen-bond donors (Lipinski definition) is 3. The van der Waals surface area contributed by atoms with Crippen LogP contribution in [0, 0.1) is 6.92 Å². The van der Waals surface area contributed by atoms with Crippen LogP contribution in [0.4, 0.5) is 5.82 Å². The van der Waals surface area contributed by atoms with Gasteiger partial charge >= 0.3 is 0 Å². The Kier molecular flexibility index (Phi) is 4.51. The second-order valence-corrected chi connectivity index (χ2v) is 4.77. The van der Waals surface area contributed by atoms with E-state index in [2.05, 4.69) is 41.7 Å². The minimum Gasteiger partial charge on any atom is -0.368 e. The highest BCUT2D eigenvalue weighted by Crippen LogP contribution is 2.15. The molecule has 0 aromatic carbocycles. The number of pyridine rings is 1. The summed E-state index contributed by atoms with van der Waals surface area (Å²) in [6.45, 7) is 3.04. The maximum Gasteiger partial charge on any atom is 0.269 e. The summed E-state index contributed by atoms with van der Waals surface area (Å²) in [5.74, 6) is 0.621. The van der Waals surface area contributed by atoms with Crippen molar-refractivity contribution in [3.63, 3.8) is 0 Å². The van der Waals surface area contributed by atoms with Crippen LogP contribution in [0.15, 0.2) is 28.9 Å². The maximum atomic E-state index is 11.6. The Morgan fingerprint density at radius 3 is 2.89 bits per heavy atom. The third kappa shape index (κ3) is 3.78. The Hall–Kier alpha value is -1.89. The Balaban J connectivity index is 1.75. The van der Waals surface area contributed by atoms with Crippen LogP contribution < -0.4 is 10.6 Å². The molecule has 1 amide bonds. The van der Waals surface area contributed by atoms with Gasteiger partial charge in [-0.2, -0.15) is 5.10 Å². The fourth-order valence-corrected chi connectivity index (χ4v) is 1.71. The fourth-order valence-electron chi connectivity index (χ4n) is 1.49. The molecule has 0 aliphatic heterocycles. The van der Waals surface area contributed by atoms with Gasteiger partial charge in [-0.3, -0.25) is 9.89 Å². The number of amides is 1. The highest BCUT2D eigenvalue weighted by atomic mass is 79.9. The van der Waals surface area contributed by atoms with E-state index in [0.29, 0.717) is 18.8 Å². The predicted octanol–water partition coefficient (Wildman–Crippen LogP) is 1.72. The summed E-state index contributed by atoms with van der Waals surface area (Å²) in [5.41, 5.74) is 1.38. The van der Waals surface area contributed by atoms with Crippen molar-refractivity contribution >= 4 is 27.7 Å². The summed E-state index contributed by atoms with van der Waals surface area (Å²) in [6, 6.07) is 5.45. The molecule has 100 valence electrons. The molecule has 0 fully saturated rings. The minimum atomic E-state index is -0.167. The van der Waals surface area contributed by atoms with Gasteiger partial charge < -0.3 is 10.6 Å². The standard InChI is InChI=1S/C12H14BrN5O/c1-8-9(13)2-3-11(17-8)14-6-7-15-12(19)10-4-5-16-18-10/h2-5H,6-7H2,1H3,(H,14,17)(H,15,19)(H,16,18). The number of aromatic nitrogens is 3. The van der Waals surface area contributed by atoms with E-state index < -0.39 is 0 Å². The van der Waals surface area contributed by atoms with Crippen molar-refractivity contribution in [3.8, 4) is 0 Å². The van der Waals surface area contributed by atoms with Crippen LogP contribution in [0.1, 0.15) is 16.2 Å². The zero-order valence-electron chi connectivity index (χ0n) is 10.4. The molecule has 2 aromatic rings. The van der Waals surface area contributed by atoms with E-state index in [1.54, 1.807) is 12.3 Å². The normalized spacial score (nSPS) is 10.2. The van der Waals surface area contributed by atoms with Gasteiger partial charge in [0.1, 0.15) is 11.5 Å². The average Bonchev–Trinajstić information content (AvgIpc) is 2.92. The second kappa shape index (κ2) is 6.33. The molecule has 19 heavy (non-hydrogen) atoms. The SMILES string of the molecule is Cc1nc(NCCNC(=O)c2ccn[nH]2)ccc1Br. The number of carbonyl (C=O) groups excluding carboxylic acids is 1. The number of rotatable bonds is 5. The van der Waals surface area contributed by atoms with Crippen LogP contribution in [0.5, 0.6) is 0 Å². The first-order valence-electron chi connectivity index (χ1n) is 5.81. The highest BCUT2D eigenvalue weighted by molar-refractivity contribution is 9.10. The Morgan fingerprint density at radius 2 is 2.21 bits per heavy atom. The molecule has 7 heteroatoms. The minimum absolute atomic E-state index is 0.167. The molecule has 2 rings (SSSR count). The van der Waals surface area contributed by atoms with Gasteiger partial charge in [0.25, 0.3) is 5.91 Å². The van der Waals surface area contributed by atoms with Crippen molar-refractivity contribution in [2.75, 3.05) is 18.4 Å². The van der Waals surface area contributed by atoms with Crippen molar-refractivity contribution in [1.29, 1.82) is 0 Å². The Labute approximate surface area is 119 Å². The molecule has 2 heterocycles. The lowest BCUT2D eigenvalue weighted by Crippen LogP contribution is -2.29. The first-order chi connectivity index (χ1) is 9.16. The smallest absolute Gasteiger partial charge is 0.269 e. The van der Waals surface area contributed by atoms with Crippen molar-refractivity contribution in [2.45, 2.75) is 6.92 Å². The van der Waals surface area contributed by atoms with E-state index in [-0.39, 0.29) is 5.91 Å². The first-order valence-corrected chi connectivity index (χ1v) is 6.60. The highest BCUT2D eigenvalue weighted by Gasteiger charge is 2.05. The van der Waals surface area contributed by atoms with Crippen molar-refractivity contribution in [2.24, 2.45) is 0 Å². The molecule has 0 aliphatic carbocycles. The van der Waals surface area contributed by atoms with Gasteiger partial charge in [-0.05, 0) is 41.1 Å². The Bertz CT molecular complexity index is 555. The van der Waals surface area contributed by atoms with Crippen LogP contribution >= 0.6 is 15.9 Å². The number of aromatic amines is 1. The molecular formula is C12H14BrN5O. The number of nitrogens with zero attached hydrogens (tertiary/aromatic N) is 2. The summed E-state index contributed by atoms with van der Waals surface area (Å²) in [6.07, 6.45) is 1.54. The monoisotopic (exact) mass is 323 g/mol. The van der Waals surface area contributed by atoms with Gasteiger partial charge in [-0.25, -0.2) is 4.98 Å². The molecule has 0 saturated carbocycles. The number of halogens is 1. The van der Waals surface area contributed by atoms with Crippen LogP contribution in [-0.4, -0.2) is 34.2 Å². The number of nitrogens with one attached hydrogen (secondary N) is 3. The van der Waals surface area contributed by atoms with Crippen LogP contribution in [0.2, 0.25) is 0 Å². The number of carbonyl (C=O) groups is 1. The largest absolute Gasteiger partial charge is 0.368 e. The molecule has 6 nitrogen and oxygen atoms in total. The van der Waals surface area contributed by atoms with Gasteiger partial charge in [0.05, 0.1) is 5.69 Å². The van der Waals surface area contributed by atoms with Gasteiger partial charge in [-0.15, -0.1) is 0 Å². The van der Waals surface area contributed by atoms with Crippen molar-refractivity contribution < 1.29 is 4.79 Å². The van der Waals surface area contributed by atoms with Crippen LogP contribution in [0.3, 0.4) is 0 Å². The summed E-state index contributed by atoms with van der Waals surface area (Å²) < 4.78 is 0.977. The van der Waals surface area contributed by atoms with Crippen LogP contribution in [0.25, 0.3) is 0 Å². The van der Waals surface area contributed by atoms with Gasteiger partial charge in [-0.1, -0.05) is 0 Å². The molecular weight excluding hydrogens is 310 g/mol. The third-order valence-corrected chi connectivity index (χ3v) is 3.32. The zero-order valence-corrected chi connectivity index (χ0v) is 12.0. The summed E-state index contributed by atoms with van der Waals surface area (Å²) in [7, 11) is 0. The zero-order chi connectivity index (χ0) is 13.7. The summed E-state index contributed by atoms with van der Waals surface area (Å²) in [4.78, 5) is 15.9. The van der Waals surface area contributed by atoms with E-state index in [0.717, 1.165) is 16.0 Å². The molecule has 0 saturated heterocycles. The molecule has 0 bridgehead atoms. The second-order valence-electron chi connectivity index (χ2n) is 3.92. The van der Waals surface area contributed by atoms with Crippen LogP contribution in [-0.2, 0) is 0 Å². The molecule has 0 radical (unpaired) electrons. The lowest BCUT2D eigenvalue weighted by molar-refractivity contribution is 0.0950. The molecule has 2 aromatic heterocycles. The lowest BCUT2D eigenvalue weighted by Gasteiger charge is -2.07. The summed E-state index contributed by atoms with van der Waals surface area (Å²) in [5, 5.41) is 12.2. The quantitative estimate of drug-likeness (QED) is 0.732. The first kappa shape index (κ1) is 13.5. The van der Waals surface area contributed by atoms with Gasteiger partial charge in [0.15, 0.2) is 0 Å². The van der Waals surface area contributed by atoms with E-state index in [1.165, 1.54) is 0 Å². The molecule has 0 unspecified atom stereocenters. The number of H-pyrrole nitrogens is 1. The fraction of sp³-hybridized carbons (Fsp3) is 0.250. The van der Waals surface area contributed by atoms with E-state index in [1.807, 2.05) is 19.1 Å². The third-order valence-electron chi connectivity index (χ3n) is 2.48.